The highest BCUT2D eigenvalue weighted by Gasteiger charge is 2.29. The Kier molecular flexibility index (Phi) is 2.37. The third-order valence-corrected chi connectivity index (χ3v) is 6.47. The van der Waals surface area contributed by atoms with E-state index in [0.717, 1.165) is 10.6 Å². The van der Waals surface area contributed by atoms with Crippen LogP contribution in [0.25, 0.3) is 0 Å². The van der Waals surface area contributed by atoms with Crippen molar-refractivity contribution in [3.63, 3.8) is 0 Å². The molecule has 2 atom stereocenters. The van der Waals surface area contributed by atoms with Crippen LogP contribution in [0.3, 0.4) is 0 Å². The Morgan fingerprint density at radius 2 is 1.45 bits per heavy atom. The molecule has 0 radical (unpaired) electrons. The highest BCUT2D eigenvalue weighted by atomic mass is 35.7. The summed E-state index contributed by atoms with van der Waals surface area (Å²) >= 11 is 11.8. The molecule has 0 aliphatic carbocycles. The van der Waals surface area contributed by atoms with Crippen LogP contribution in [0.15, 0.2) is 24.3 Å². The van der Waals surface area contributed by atoms with Gasteiger partial charge in [-0.2, -0.15) is 0 Å². The Morgan fingerprint density at radius 3 is 1.91 bits per heavy atom. The quantitative estimate of drug-likeness (QED) is 0.616. The standard InChI is InChI=1S/C6H4Cl2OP2/c7-10-5-3-1-2-4-6(5)11(8)9-10/h1-4H. The van der Waals surface area contributed by atoms with Gasteiger partial charge in [0.1, 0.15) is 0 Å². The molecular formula is C6H4Cl2OP2. The van der Waals surface area contributed by atoms with Crippen LogP contribution in [0, 0.1) is 0 Å². The van der Waals surface area contributed by atoms with Gasteiger partial charge in [0.2, 0.25) is 0 Å². The molecule has 1 heterocycles. The summed E-state index contributed by atoms with van der Waals surface area (Å²) in [5.74, 6) is 0. The molecule has 0 saturated carbocycles. The van der Waals surface area contributed by atoms with Gasteiger partial charge in [-0.15, -0.1) is 0 Å². The topological polar surface area (TPSA) is 9.23 Å². The van der Waals surface area contributed by atoms with E-state index < -0.39 is 15.0 Å². The lowest BCUT2D eigenvalue weighted by molar-refractivity contribution is 0.736. The van der Waals surface area contributed by atoms with Gasteiger partial charge in [-0.05, 0) is 0 Å². The highest BCUT2D eigenvalue weighted by molar-refractivity contribution is 8.01. The van der Waals surface area contributed by atoms with E-state index in [1.54, 1.807) is 0 Å². The number of halogens is 2. The molecule has 1 aromatic carbocycles. The van der Waals surface area contributed by atoms with Crippen molar-refractivity contribution in [1.82, 2.24) is 0 Å². The molecule has 1 aliphatic heterocycles. The van der Waals surface area contributed by atoms with E-state index >= 15 is 0 Å². The van der Waals surface area contributed by atoms with Gasteiger partial charge in [-0.3, -0.25) is 4.31 Å². The van der Waals surface area contributed by atoms with Crippen LogP contribution in [-0.4, -0.2) is 0 Å². The average Bonchev–Trinajstić information content (AvgIpc) is 2.30. The zero-order chi connectivity index (χ0) is 7.84. The van der Waals surface area contributed by atoms with Crippen LogP contribution in [0.2, 0.25) is 0 Å². The molecule has 0 spiro atoms. The molecule has 1 nitrogen and oxygen atoms in total. The van der Waals surface area contributed by atoms with Crippen molar-refractivity contribution in [2.24, 2.45) is 0 Å². The minimum atomic E-state index is -0.951. The molecule has 5 heteroatoms. The van der Waals surface area contributed by atoms with Crippen molar-refractivity contribution < 1.29 is 4.31 Å². The molecule has 1 aliphatic rings. The first-order valence-corrected chi connectivity index (χ1v) is 7.31. The monoisotopic (exact) mass is 224 g/mol. The van der Waals surface area contributed by atoms with E-state index in [0.29, 0.717) is 0 Å². The smallest absolute Gasteiger partial charge is 0.163 e. The van der Waals surface area contributed by atoms with Crippen LogP contribution in [0.4, 0.5) is 0 Å². The molecular weight excluding hydrogens is 221 g/mol. The van der Waals surface area contributed by atoms with E-state index in [2.05, 4.69) is 0 Å². The Bertz CT molecular complexity index is 254. The minimum Gasteiger partial charge on any atom is -0.296 e. The summed E-state index contributed by atoms with van der Waals surface area (Å²) in [5, 5.41) is 2.15. The van der Waals surface area contributed by atoms with Crippen LogP contribution >= 0.6 is 37.5 Å². The lowest BCUT2D eigenvalue weighted by atomic mass is 10.4. The second-order valence-corrected chi connectivity index (χ2v) is 6.50. The highest BCUT2D eigenvalue weighted by Crippen LogP contribution is 2.62. The van der Waals surface area contributed by atoms with Gasteiger partial charge in [-0.25, -0.2) is 0 Å². The summed E-state index contributed by atoms with van der Waals surface area (Å²) < 4.78 is 5.29. The molecule has 1 aromatic rings. The predicted octanol–water partition coefficient (Wildman–Crippen LogP) is 3.07. The molecule has 0 fully saturated rings. The van der Waals surface area contributed by atoms with E-state index in [9.17, 15) is 0 Å². The Morgan fingerprint density at radius 1 is 1.00 bits per heavy atom. The lowest BCUT2D eigenvalue weighted by Crippen LogP contribution is -2.11. The molecule has 58 valence electrons. The van der Waals surface area contributed by atoms with Crippen molar-refractivity contribution in [3.05, 3.63) is 24.3 Å². The van der Waals surface area contributed by atoms with E-state index in [1.165, 1.54) is 0 Å². The fourth-order valence-corrected chi connectivity index (χ4v) is 6.21. The lowest BCUT2D eigenvalue weighted by Gasteiger charge is -1.97. The maximum Gasteiger partial charge on any atom is 0.163 e. The van der Waals surface area contributed by atoms with Gasteiger partial charge in [0.05, 0.1) is 0 Å². The van der Waals surface area contributed by atoms with Crippen molar-refractivity contribution >= 4 is 48.1 Å². The largest absolute Gasteiger partial charge is 0.296 e. The van der Waals surface area contributed by atoms with Crippen LogP contribution in [0.1, 0.15) is 0 Å². The number of hydrogen-bond donors (Lipinski definition) is 0. The molecule has 2 rings (SSSR count). The van der Waals surface area contributed by atoms with Crippen LogP contribution < -0.4 is 10.6 Å². The summed E-state index contributed by atoms with van der Waals surface area (Å²) in [4.78, 5) is 0. The summed E-state index contributed by atoms with van der Waals surface area (Å²) in [5.41, 5.74) is 0. The molecule has 0 bridgehead atoms. The van der Waals surface area contributed by atoms with Gasteiger partial charge < -0.3 is 0 Å². The van der Waals surface area contributed by atoms with Gasteiger partial charge in [0, 0.05) is 10.6 Å². The van der Waals surface area contributed by atoms with E-state index in [1.807, 2.05) is 24.3 Å². The SMILES string of the molecule is ClP1OP(Cl)c2ccccc21. The molecule has 0 amide bonds. The number of hydrogen-bond acceptors (Lipinski definition) is 1. The van der Waals surface area contributed by atoms with Crippen molar-refractivity contribution in [2.75, 3.05) is 0 Å². The molecule has 11 heavy (non-hydrogen) atoms. The molecule has 2 unspecified atom stereocenters. The third-order valence-electron chi connectivity index (χ3n) is 1.40. The van der Waals surface area contributed by atoms with Crippen molar-refractivity contribution in [2.45, 2.75) is 0 Å². The Hall–Kier alpha value is 0.620. The third kappa shape index (κ3) is 1.41. The predicted molar refractivity (Wildman–Crippen MR) is 52.3 cm³/mol. The fourth-order valence-electron chi connectivity index (χ4n) is 0.912. The fraction of sp³-hybridized carbons (Fsp3) is 0. The summed E-state index contributed by atoms with van der Waals surface area (Å²) in [7, 11) is -1.90. The molecule has 0 saturated heterocycles. The van der Waals surface area contributed by atoms with E-state index in [4.69, 9.17) is 26.8 Å². The summed E-state index contributed by atoms with van der Waals surface area (Å²) in [6.45, 7) is 0. The maximum atomic E-state index is 5.91. The first-order chi connectivity index (χ1) is 5.29. The average molecular weight is 225 g/mol. The first kappa shape index (κ1) is 8.23. The second kappa shape index (κ2) is 3.17. The minimum absolute atomic E-state index is 0.951. The molecule has 0 aromatic heterocycles. The van der Waals surface area contributed by atoms with Gasteiger partial charge in [0.15, 0.2) is 15.0 Å². The zero-order valence-corrected chi connectivity index (χ0v) is 8.67. The van der Waals surface area contributed by atoms with Gasteiger partial charge in [-0.1, -0.05) is 46.7 Å². The van der Waals surface area contributed by atoms with Crippen molar-refractivity contribution in [3.8, 4) is 0 Å². The normalized spacial score (nSPS) is 28.5. The number of fused-ring (bicyclic) bond motifs is 1. The maximum absolute atomic E-state index is 5.91. The van der Waals surface area contributed by atoms with Gasteiger partial charge in [0.25, 0.3) is 0 Å². The summed E-state index contributed by atoms with van der Waals surface area (Å²) in [6.07, 6.45) is 0. The Balaban J connectivity index is 2.52. The van der Waals surface area contributed by atoms with Crippen LogP contribution in [0.5, 0.6) is 0 Å². The number of benzene rings is 1. The van der Waals surface area contributed by atoms with Crippen LogP contribution in [-0.2, 0) is 4.31 Å². The zero-order valence-electron chi connectivity index (χ0n) is 5.37. The van der Waals surface area contributed by atoms with Crippen molar-refractivity contribution in [1.29, 1.82) is 0 Å². The second-order valence-electron chi connectivity index (χ2n) is 2.06. The van der Waals surface area contributed by atoms with E-state index in [-0.39, 0.29) is 0 Å². The summed E-state index contributed by atoms with van der Waals surface area (Å²) in [6, 6.07) is 7.84. The van der Waals surface area contributed by atoms with Gasteiger partial charge >= 0.3 is 0 Å². The number of rotatable bonds is 0. The Labute approximate surface area is 76.9 Å². The molecule has 0 N–H and O–H groups in total. The first-order valence-electron chi connectivity index (χ1n) is 2.98.